The van der Waals surface area contributed by atoms with Crippen LogP contribution in [0.5, 0.6) is 17.2 Å². The minimum Gasteiger partial charge on any atom is -0.493 e. The number of hydrogen-bond donors (Lipinski definition) is 2. The summed E-state index contributed by atoms with van der Waals surface area (Å²) in [6.07, 6.45) is 1.54. The molecule has 150 valence electrons. The van der Waals surface area contributed by atoms with Gasteiger partial charge in [-0.15, -0.1) is 0 Å². The van der Waals surface area contributed by atoms with Crippen LogP contribution in [0, 0.1) is 0 Å². The van der Waals surface area contributed by atoms with Gasteiger partial charge < -0.3 is 14.2 Å². The lowest BCUT2D eigenvalue weighted by Gasteiger charge is -2.14. The Morgan fingerprint density at radius 2 is 1.46 bits per heavy atom. The highest BCUT2D eigenvalue weighted by atomic mass is 16.5. The Morgan fingerprint density at radius 1 is 0.857 bits per heavy atom. The average Bonchev–Trinajstić information content (AvgIpc) is 2.74. The van der Waals surface area contributed by atoms with E-state index >= 15 is 0 Å². The quantitative estimate of drug-likeness (QED) is 0.682. The second kappa shape index (κ2) is 10.2. The third-order valence-corrected chi connectivity index (χ3v) is 4.31. The van der Waals surface area contributed by atoms with Crippen LogP contribution in [0.15, 0.2) is 36.4 Å². The van der Waals surface area contributed by atoms with Crippen molar-refractivity contribution in [3.05, 3.63) is 53.1 Å². The Bertz CT molecular complexity index is 793. The summed E-state index contributed by atoms with van der Waals surface area (Å²) in [4.78, 5) is 24.2. The number of hydrazine groups is 1. The largest absolute Gasteiger partial charge is 0.493 e. The van der Waals surface area contributed by atoms with Crippen molar-refractivity contribution in [2.45, 2.75) is 26.2 Å². The van der Waals surface area contributed by atoms with Crippen molar-refractivity contribution < 1.29 is 23.8 Å². The second-order valence-corrected chi connectivity index (χ2v) is 6.09. The number of methoxy groups -OCH3 is 3. The van der Waals surface area contributed by atoms with Gasteiger partial charge in [0.15, 0.2) is 11.5 Å². The van der Waals surface area contributed by atoms with E-state index in [-0.39, 0.29) is 18.2 Å². The first-order valence-corrected chi connectivity index (χ1v) is 8.99. The van der Waals surface area contributed by atoms with Crippen molar-refractivity contribution in [3.63, 3.8) is 0 Å². The molecule has 0 aromatic heterocycles. The first-order valence-electron chi connectivity index (χ1n) is 8.99. The maximum absolute atomic E-state index is 12.1. The van der Waals surface area contributed by atoms with Gasteiger partial charge in [0.25, 0.3) is 5.91 Å². The Hall–Kier alpha value is -3.22. The summed E-state index contributed by atoms with van der Waals surface area (Å²) in [5.41, 5.74) is 7.35. The molecule has 2 amide bonds. The van der Waals surface area contributed by atoms with Crippen LogP contribution >= 0.6 is 0 Å². The van der Waals surface area contributed by atoms with Crippen LogP contribution in [0.1, 0.15) is 34.8 Å². The summed E-state index contributed by atoms with van der Waals surface area (Å²) in [6, 6.07) is 10.8. The fourth-order valence-corrected chi connectivity index (χ4v) is 2.69. The Kier molecular flexibility index (Phi) is 7.68. The molecule has 0 atom stereocenters. The maximum Gasteiger partial charge on any atom is 0.269 e. The van der Waals surface area contributed by atoms with E-state index in [0.717, 1.165) is 17.5 Å². The highest BCUT2D eigenvalue weighted by Crippen LogP contribution is 2.38. The van der Waals surface area contributed by atoms with E-state index in [1.165, 1.54) is 21.3 Å². The van der Waals surface area contributed by atoms with E-state index in [2.05, 4.69) is 10.9 Å². The Morgan fingerprint density at radius 3 is 1.96 bits per heavy atom. The Balaban J connectivity index is 1.90. The maximum atomic E-state index is 12.1. The summed E-state index contributed by atoms with van der Waals surface area (Å²) < 4.78 is 15.9. The van der Waals surface area contributed by atoms with Gasteiger partial charge in [-0.2, -0.15) is 0 Å². The molecule has 0 bridgehead atoms. The smallest absolute Gasteiger partial charge is 0.269 e. The molecule has 0 fully saturated rings. The molecule has 7 nitrogen and oxygen atoms in total. The monoisotopic (exact) mass is 386 g/mol. The van der Waals surface area contributed by atoms with Crippen LogP contribution in [0.2, 0.25) is 0 Å². The molecular formula is C21H26N2O5. The third kappa shape index (κ3) is 5.39. The average molecular weight is 386 g/mol. The van der Waals surface area contributed by atoms with Gasteiger partial charge in [-0.05, 0) is 48.2 Å². The van der Waals surface area contributed by atoms with Crippen molar-refractivity contribution in [2.24, 2.45) is 0 Å². The normalized spacial score (nSPS) is 10.1. The number of aryl methyl sites for hydroxylation is 2. The molecule has 0 aliphatic heterocycles. The number of amides is 2. The fraction of sp³-hybridized carbons (Fsp3) is 0.333. The lowest BCUT2D eigenvalue weighted by molar-refractivity contribution is -0.121. The number of nitrogens with one attached hydrogen (secondary N) is 2. The molecule has 28 heavy (non-hydrogen) atoms. The molecule has 0 aliphatic carbocycles. The molecule has 0 heterocycles. The Labute approximate surface area is 165 Å². The van der Waals surface area contributed by atoms with Crippen molar-refractivity contribution in [2.75, 3.05) is 21.3 Å². The van der Waals surface area contributed by atoms with Gasteiger partial charge in [0.2, 0.25) is 11.7 Å². The van der Waals surface area contributed by atoms with Gasteiger partial charge in [0, 0.05) is 12.0 Å². The van der Waals surface area contributed by atoms with Crippen LogP contribution < -0.4 is 25.1 Å². The number of carbonyl (C=O) groups excluding carboxylic acids is 2. The minimum atomic E-state index is -0.358. The molecule has 2 aromatic carbocycles. The van der Waals surface area contributed by atoms with E-state index in [1.54, 1.807) is 24.3 Å². The summed E-state index contributed by atoms with van der Waals surface area (Å²) in [5, 5.41) is 0. The van der Waals surface area contributed by atoms with Crippen molar-refractivity contribution >= 4 is 11.8 Å². The van der Waals surface area contributed by atoms with Crippen molar-refractivity contribution in [3.8, 4) is 17.2 Å². The first kappa shape index (κ1) is 21.1. The summed E-state index contributed by atoms with van der Waals surface area (Å²) >= 11 is 0. The fourth-order valence-electron chi connectivity index (χ4n) is 2.69. The highest BCUT2D eigenvalue weighted by molar-refractivity contribution is 5.95. The molecule has 2 rings (SSSR count). The topological polar surface area (TPSA) is 85.9 Å². The van der Waals surface area contributed by atoms with Crippen molar-refractivity contribution in [1.29, 1.82) is 0 Å². The van der Waals surface area contributed by atoms with E-state index in [4.69, 9.17) is 14.2 Å². The molecule has 7 heteroatoms. The zero-order valence-corrected chi connectivity index (χ0v) is 16.6. The molecule has 0 aliphatic rings. The molecule has 0 saturated carbocycles. The van der Waals surface area contributed by atoms with Gasteiger partial charge in [0.05, 0.1) is 21.3 Å². The van der Waals surface area contributed by atoms with E-state index in [1.807, 2.05) is 19.1 Å². The van der Waals surface area contributed by atoms with Crippen LogP contribution in [0.4, 0.5) is 0 Å². The minimum absolute atomic E-state index is 0.188. The standard InChI is InChI=1S/C21H26N2O5/c1-5-14-6-9-16(10-7-14)21(25)23-22-19(24)11-8-15-12-17(26-2)20(28-4)18(13-15)27-3/h6-7,9-10,12-13H,5,8,11H2,1-4H3,(H,22,24)(H,23,25). The lowest BCUT2D eigenvalue weighted by Crippen LogP contribution is -2.41. The number of carbonyl (C=O) groups is 2. The van der Waals surface area contributed by atoms with E-state index in [0.29, 0.717) is 29.2 Å². The van der Waals surface area contributed by atoms with Gasteiger partial charge in [-0.1, -0.05) is 19.1 Å². The van der Waals surface area contributed by atoms with Crippen LogP contribution in [-0.4, -0.2) is 33.1 Å². The van der Waals surface area contributed by atoms with Gasteiger partial charge in [-0.25, -0.2) is 0 Å². The lowest BCUT2D eigenvalue weighted by atomic mass is 10.1. The molecule has 0 radical (unpaired) electrons. The first-order chi connectivity index (χ1) is 13.5. The molecule has 0 spiro atoms. The summed E-state index contributed by atoms with van der Waals surface area (Å²) in [5.74, 6) is 0.901. The predicted octanol–water partition coefficient (Wildman–Crippen LogP) is 2.67. The van der Waals surface area contributed by atoms with Gasteiger partial charge >= 0.3 is 0 Å². The van der Waals surface area contributed by atoms with Crippen LogP contribution in [0.25, 0.3) is 0 Å². The van der Waals surface area contributed by atoms with Crippen LogP contribution in [0.3, 0.4) is 0 Å². The van der Waals surface area contributed by atoms with Crippen LogP contribution in [-0.2, 0) is 17.6 Å². The molecule has 0 saturated heterocycles. The number of hydrogen-bond acceptors (Lipinski definition) is 5. The SMILES string of the molecule is CCc1ccc(C(=O)NNC(=O)CCc2cc(OC)c(OC)c(OC)c2)cc1. The highest BCUT2D eigenvalue weighted by Gasteiger charge is 2.14. The summed E-state index contributed by atoms with van der Waals surface area (Å²) in [6.45, 7) is 2.04. The summed E-state index contributed by atoms with van der Waals surface area (Å²) in [7, 11) is 4.61. The van der Waals surface area contributed by atoms with E-state index < -0.39 is 0 Å². The number of rotatable bonds is 8. The zero-order chi connectivity index (χ0) is 20.5. The van der Waals surface area contributed by atoms with E-state index in [9.17, 15) is 9.59 Å². The number of benzene rings is 2. The number of ether oxygens (including phenoxy) is 3. The van der Waals surface area contributed by atoms with Gasteiger partial charge in [-0.3, -0.25) is 20.4 Å². The zero-order valence-electron chi connectivity index (χ0n) is 16.6. The molecule has 2 aromatic rings. The molecular weight excluding hydrogens is 360 g/mol. The second-order valence-electron chi connectivity index (χ2n) is 6.09. The van der Waals surface area contributed by atoms with Gasteiger partial charge in [0.1, 0.15) is 0 Å². The predicted molar refractivity (Wildman–Crippen MR) is 106 cm³/mol. The van der Waals surface area contributed by atoms with Crippen molar-refractivity contribution in [1.82, 2.24) is 10.9 Å². The third-order valence-electron chi connectivity index (χ3n) is 4.31. The molecule has 2 N–H and O–H groups in total. The molecule has 0 unspecified atom stereocenters.